The summed E-state index contributed by atoms with van der Waals surface area (Å²) in [4.78, 5) is 10.6. The predicted octanol–water partition coefficient (Wildman–Crippen LogP) is 1.73. The first-order valence-electron chi connectivity index (χ1n) is 3.58. The summed E-state index contributed by atoms with van der Waals surface area (Å²) in [5, 5.41) is 12.9. The van der Waals surface area contributed by atoms with Gasteiger partial charge in [-0.2, -0.15) is 11.8 Å². The van der Waals surface area contributed by atoms with Crippen molar-refractivity contribution in [2.45, 2.75) is 12.8 Å². The topological polar surface area (TPSA) is 37.3 Å². The van der Waals surface area contributed by atoms with Crippen molar-refractivity contribution in [3.05, 3.63) is 22.0 Å². The van der Waals surface area contributed by atoms with E-state index in [2.05, 4.69) is 10.8 Å². The van der Waals surface area contributed by atoms with Gasteiger partial charge in [0.15, 0.2) is 0 Å². The summed E-state index contributed by atoms with van der Waals surface area (Å²) in [5.74, 6) is -0.805. The van der Waals surface area contributed by atoms with Crippen molar-refractivity contribution >= 4 is 17.7 Å². The molecule has 0 aromatic carbocycles. The minimum absolute atomic E-state index is 0.150. The van der Waals surface area contributed by atoms with E-state index in [0.29, 0.717) is 0 Å². The van der Waals surface area contributed by atoms with Gasteiger partial charge < -0.3 is 5.11 Å². The minimum atomic E-state index is -0.655. The molecule has 1 aliphatic carbocycles. The van der Waals surface area contributed by atoms with Gasteiger partial charge >= 0.3 is 5.97 Å². The Labute approximate surface area is 69.0 Å². The molecule has 2 rings (SSSR count). The highest BCUT2D eigenvalue weighted by Crippen LogP contribution is 2.42. The average Bonchev–Trinajstić information content (AvgIpc) is 2.40. The molecular formula is C8H9O2S. The lowest BCUT2D eigenvalue weighted by molar-refractivity contribution is -0.141. The van der Waals surface area contributed by atoms with Gasteiger partial charge in [0, 0.05) is 0 Å². The first kappa shape index (κ1) is 6.98. The SMILES string of the molecule is O=C(O)C1CC2=C[SH]C=C2C1. The fraction of sp³-hybridized carbons (Fsp3) is 0.375. The Morgan fingerprint density at radius 1 is 1.45 bits per heavy atom. The van der Waals surface area contributed by atoms with E-state index in [-0.39, 0.29) is 5.92 Å². The Bertz CT molecular complexity index is 245. The fourth-order valence-corrected chi connectivity index (χ4v) is 2.51. The molecule has 0 aromatic rings. The van der Waals surface area contributed by atoms with Gasteiger partial charge in [-0.05, 0) is 34.8 Å². The standard InChI is InChI=1S/C8H9O2S/c9-8(10)5-1-6-3-11-4-7(6)2-5/h3-5,11H,1-2H2,(H,9,10). The van der Waals surface area contributed by atoms with Gasteiger partial charge in [-0.3, -0.25) is 4.79 Å². The number of carboxylic acid groups (broad SMARTS) is 1. The maximum Gasteiger partial charge on any atom is 0.307 e. The Hall–Kier alpha value is -0.700. The molecule has 11 heavy (non-hydrogen) atoms. The number of aliphatic carboxylic acids is 1. The van der Waals surface area contributed by atoms with Crippen LogP contribution in [0.1, 0.15) is 12.8 Å². The molecule has 59 valence electrons. The molecule has 0 spiro atoms. The molecule has 2 aliphatic rings. The van der Waals surface area contributed by atoms with Gasteiger partial charge in [0.05, 0.1) is 5.92 Å². The molecule has 1 saturated carbocycles. The zero-order valence-electron chi connectivity index (χ0n) is 5.95. The number of hydrogen-bond donors (Lipinski definition) is 2. The van der Waals surface area contributed by atoms with Gasteiger partial charge in [0.1, 0.15) is 0 Å². The Morgan fingerprint density at radius 2 is 2.00 bits per heavy atom. The van der Waals surface area contributed by atoms with Crippen molar-refractivity contribution < 1.29 is 9.90 Å². The van der Waals surface area contributed by atoms with Crippen LogP contribution >= 0.6 is 11.8 Å². The lowest BCUT2D eigenvalue weighted by Crippen LogP contribution is -2.08. The number of carbonyl (C=O) groups is 1. The summed E-state index contributed by atoms with van der Waals surface area (Å²) in [7, 11) is 0. The van der Waals surface area contributed by atoms with Gasteiger partial charge in [0.25, 0.3) is 0 Å². The highest BCUT2D eigenvalue weighted by atomic mass is 32.2. The van der Waals surface area contributed by atoms with Gasteiger partial charge in [-0.1, -0.05) is 0 Å². The third-order valence-electron chi connectivity index (χ3n) is 2.16. The summed E-state index contributed by atoms with van der Waals surface area (Å²) in [5.41, 5.74) is 2.53. The quantitative estimate of drug-likeness (QED) is 0.586. The molecule has 0 saturated heterocycles. The van der Waals surface area contributed by atoms with E-state index in [1.807, 2.05) is 0 Å². The van der Waals surface area contributed by atoms with E-state index in [4.69, 9.17) is 5.11 Å². The Balaban J connectivity index is 2.17. The van der Waals surface area contributed by atoms with Crippen LogP contribution in [0.3, 0.4) is 0 Å². The number of allylic oxidation sites excluding steroid dienone is 2. The summed E-state index contributed by atoms with van der Waals surface area (Å²) in [6.45, 7) is 0. The fourth-order valence-electron chi connectivity index (χ4n) is 1.53. The second-order valence-electron chi connectivity index (χ2n) is 2.90. The van der Waals surface area contributed by atoms with Crippen LogP contribution in [-0.2, 0) is 4.79 Å². The third kappa shape index (κ3) is 1.09. The molecule has 3 heteroatoms. The van der Waals surface area contributed by atoms with Crippen molar-refractivity contribution in [1.29, 1.82) is 0 Å². The normalized spacial score (nSPS) is 22.9. The van der Waals surface area contributed by atoms with Gasteiger partial charge in [-0.15, -0.1) is 0 Å². The lowest BCUT2D eigenvalue weighted by atomic mass is 10.1. The summed E-state index contributed by atoms with van der Waals surface area (Å²) >= 11 is 1.23. The zero-order chi connectivity index (χ0) is 7.84. The molecule has 2 nitrogen and oxygen atoms in total. The summed E-state index contributed by atoms with van der Waals surface area (Å²) in [6.07, 6.45) is 1.49. The van der Waals surface area contributed by atoms with Gasteiger partial charge in [0.2, 0.25) is 0 Å². The molecule has 0 bridgehead atoms. The van der Waals surface area contributed by atoms with E-state index in [1.54, 1.807) is 0 Å². The number of carboxylic acids is 1. The van der Waals surface area contributed by atoms with E-state index < -0.39 is 5.97 Å². The number of thiol groups is 1. The first-order chi connectivity index (χ1) is 5.27. The monoisotopic (exact) mass is 169 g/mol. The van der Waals surface area contributed by atoms with E-state index in [0.717, 1.165) is 12.8 Å². The van der Waals surface area contributed by atoms with E-state index in [9.17, 15) is 4.79 Å². The van der Waals surface area contributed by atoms with Crippen molar-refractivity contribution in [3.8, 4) is 0 Å². The van der Waals surface area contributed by atoms with Crippen LogP contribution in [0.2, 0.25) is 0 Å². The van der Waals surface area contributed by atoms with Crippen molar-refractivity contribution in [1.82, 2.24) is 0 Å². The molecular weight excluding hydrogens is 160 g/mol. The van der Waals surface area contributed by atoms with Crippen LogP contribution in [0.25, 0.3) is 0 Å². The Morgan fingerprint density at radius 3 is 2.45 bits per heavy atom. The molecule has 1 heterocycles. The second kappa shape index (κ2) is 2.41. The molecule has 1 radical (unpaired) electrons. The van der Waals surface area contributed by atoms with Crippen LogP contribution < -0.4 is 0 Å². The number of fused-ring (bicyclic) bond motifs is 1. The van der Waals surface area contributed by atoms with Crippen LogP contribution in [0.15, 0.2) is 22.0 Å². The zero-order valence-corrected chi connectivity index (χ0v) is 6.84. The smallest absolute Gasteiger partial charge is 0.307 e. The third-order valence-corrected chi connectivity index (χ3v) is 3.08. The number of hydrogen-bond acceptors (Lipinski definition) is 1. The highest BCUT2D eigenvalue weighted by molar-refractivity contribution is 8.05. The van der Waals surface area contributed by atoms with Crippen molar-refractivity contribution in [2.24, 2.45) is 5.92 Å². The molecule has 1 fully saturated rings. The number of rotatable bonds is 1. The summed E-state index contributed by atoms with van der Waals surface area (Å²) in [6, 6.07) is 0. The second-order valence-corrected chi connectivity index (χ2v) is 3.72. The maximum atomic E-state index is 10.6. The van der Waals surface area contributed by atoms with Crippen LogP contribution in [-0.4, -0.2) is 11.1 Å². The maximum absolute atomic E-state index is 10.6. The molecule has 0 aromatic heterocycles. The van der Waals surface area contributed by atoms with Crippen molar-refractivity contribution in [3.63, 3.8) is 0 Å². The van der Waals surface area contributed by atoms with Crippen LogP contribution in [0.5, 0.6) is 0 Å². The predicted molar refractivity (Wildman–Crippen MR) is 45.5 cm³/mol. The van der Waals surface area contributed by atoms with E-state index >= 15 is 0 Å². The minimum Gasteiger partial charge on any atom is -0.481 e. The molecule has 0 unspecified atom stereocenters. The average molecular weight is 169 g/mol. The molecule has 0 atom stereocenters. The van der Waals surface area contributed by atoms with Crippen LogP contribution in [0, 0.1) is 5.92 Å². The Kier molecular flexibility index (Phi) is 1.53. The molecule has 1 N–H and O–H groups in total. The molecule has 0 amide bonds. The largest absolute Gasteiger partial charge is 0.481 e. The van der Waals surface area contributed by atoms with Gasteiger partial charge in [-0.25, -0.2) is 0 Å². The molecule has 1 aliphatic heterocycles. The van der Waals surface area contributed by atoms with Crippen molar-refractivity contribution in [2.75, 3.05) is 0 Å². The highest BCUT2D eigenvalue weighted by Gasteiger charge is 2.30. The van der Waals surface area contributed by atoms with Crippen LogP contribution in [0.4, 0.5) is 0 Å². The lowest BCUT2D eigenvalue weighted by Gasteiger charge is -1.98. The first-order valence-corrected chi connectivity index (χ1v) is 4.62. The summed E-state index contributed by atoms with van der Waals surface area (Å²) < 4.78 is 0. The van der Waals surface area contributed by atoms with E-state index in [1.165, 1.54) is 22.9 Å².